The van der Waals surface area contributed by atoms with E-state index in [0.717, 1.165) is 24.1 Å². The lowest BCUT2D eigenvalue weighted by molar-refractivity contribution is 0.0687. The van der Waals surface area contributed by atoms with Gasteiger partial charge in [0.2, 0.25) is 0 Å². The minimum absolute atomic E-state index is 0.208. The predicted molar refractivity (Wildman–Crippen MR) is 113 cm³/mol. The van der Waals surface area contributed by atoms with E-state index in [1.807, 2.05) is 31.2 Å². The average molecular weight is 407 g/mol. The maximum atomic E-state index is 12.8. The second-order valence-corrected chi connectivity index (χ2v) is 7.84. The minimum Gasteiger partial charge on any atom is -0.338 e. The molecule has 8 nitrogen and oxygen atoms in total. The number of carbonyl (C=O) groups is 1. The Morgan fingerprint density at radius 3 is 2.60 bits per heavy atom. The van der Waals surface area contributed by atoms with Crippen molar-refractivity contribution in [1.29, 1.82) is 0 Å². The molecule has 0 atom stereocenters. The first-order chi connectivity index (χ1) is 14.5. The van der Waals surface area contributed by atoms with Crippen LogP contribution < -0.4 is 11.2 Å². The van der Waals surface area contributed by atoms with Gasteiger partial charge in [-0.15, -0.1) is 0 Å². The topological polar surface area (TPSA) is 93.0 Å². The van der Waals surface area contributed by atoms with Crippen molar-refractivity contribution in [3.05, 3.63) is 80.4 Å². The van der Waals surface area contributed by atoms with E-state index in [4.69, 9.17) is 0 Å². The zero-order valence-electron chi connectivity index (χ0n) is 17.2. The van der Waals surface area contributed by atoms with Gasteiger partial charge in [-0.1, -0.05) is 18.2 Å². The van der Waals surface area contributed by atoms with Crippen LogP contribution in [0, 0.1) is 12.8 Å². The lowest BCUT2D eigenvalue weighted by atomic mass is 9.92. The number of nitrogens with one attached hydrogen (secondary N) is 1. The summed E-state index contributed by atoms with van der Waals surface area (Å²) in [5.41, 5.74) is 1.53. The Balaban J connectivity index is 1.46. The molecule has 1 aliphatic heterocycles. The average Bonchev–Trinajstić information content (AvgIpc) is 3.10. The number of hydrogen-bond acceptors (Lipinski definition) is 4. The molecule has 1 amide bonds. The fourth-order valence-electron chi connectivity index (χ4n) is 4.06. The molecule has 1 aromatic carbocycles. The Morgan fingerprint density at radius 2 is 1.87 bits per heavy atom. The number of rotatable bonds is 4. The standard InChI is InChI=1S/C22H25N5O3/c1-15-6-3-4-8-18(15)27-19(23-24-22(27)30)14-16-9-12-26(13-10-16)21(29)17-7-5-11-25(2)20(17)28/h3-8,11,16H,9-10,12-14H2,1-2H3,(H,24,30). The molecule has 156 valence electrons. The lowest BCUT2D eigenvalue weighted by Crippen LogP contribution is -2.41. The van der Waals surface area contributed by atoms with Gasteiger partial charge in [0.1, 0.15) is 11.4 Å². The summed E-state index contributed by atoms with van der Waals surface area (Å²) in [6, 6.07) is 11.0. The summed E-state index contributed by atoms with van der Waals surface area (Å²) in [7, 11) is 1.64. The van der Waals surface area contributed by atoms with E-state index in [1.54, 1.807) is 34.8 Å². The van der Waals surface area contributed by atoms with Gasteiger partial charge in [-0.2, -0.15) is 5.10 Å². The summed E-state index contributed by atoms with van der Waals surface area (Å²) in [6.07, 6.45) is 3.90. The van der Waals surface area contributed by atoms with Crippen molar-refractivity contribution in [3.8, 4) is 5.69 Å². The second kappa shape index (κ2) is 8.14. The monoisotopic (exact) mass is 407 g/mol. The van der Waals surface area contributed by atoms with Crippen LogP contribution in [0.4, 0.5) is 0 Å². The Bertz CT molecular complexity index is 1180. The van der Waals surface area contributed by atoms with Crippen molar-refractivity contribution < 1.29 is 4.79 Å². The van der Waals surface area contributed by atoms with Crippen LogP contribution in [0.2, 0.25) is 0 Å². The van der Waals surface area contributed by atoms with Crippen molar-refractivity contribution in [3.63, 3.8) is 0 Å². The van der Waals surface area contributed by atoms with Gasteiger partial charge in [0.25, 0.3) is 11.5 Å². The number of carbonyl (C=O) groups excluding carboxylic acids is 1. The number of nitrogens with zero attached hydrogens (tertiary/aromatic N) is 4. The molecule has 8 heteroatoms. The molecule has 1 N–H and O–H groups in total. The molecule has 0 saturated carbocycles. The van der Waals surface area contributed by atoms with Crippen molar-refractivity contribution in [2.24, 2.45) is 13.0 Å². The quantitative estimate of drug-likeness (QED) is 0.712. The molecule has 0 spiro atoms. The van der Waals surface area contributed by atoms with Crippen LogP contribution in [0.3, 0.4) is 0 Å². The van der Waals surface area contributed by atoms with Crippen LogP contribution in [0.25, 0.3) is 5.69 Å². The molecule has 0 unspecified atom stereocenters. The molecule has 3 aromatic rings. The van der Waals surface area contributed by atoms with Gasteiger partial charge < -0.3 is 9.47 Å². The third-order valence-electron chi connectivity index (χ3n) is 5.82. The SMILES string of the molecule is Cc1ccccc1-n1c(CC2CCN(C(=O)c3cccn(C)c3=O)CC2)n[nH]c1=O. The molecule has 0 radical (unpaired) electrons. The van der Waals surface area contributed by atoms with E-state index < -0.39 is 0 Å². The van der Waals surface area contributed by atoms with Gasteiger partial charge in [0.15, 0.2) is 0 Å². The van der Waals surface area contributed by atoms with E-state index >= 15 is 0 Å². The highest BCUT2D eigenvalue weighted by Crippen LogP contribution is 2.23. The zero-order valence-corrected chi connectivity index (χ0v) is 17.2. The first-order valence-electron chi connectivity index (χ1n) is 10.1. The normalized spacial score (nSPS) is 14.8. The minimum atomic E-state index is -0.275. The van der Waals surface area contributed by atoms with Gasteiger partial charge in [-0.25, -0.2) is 14.5 Å². The number of aryl methyl sites for hydroxylation is 2. The number of aromatic nitrogens is 4. The molecule has 0 bridgehead atoms. The molecule has 1 saturated heterocycles. The number of piperidine rings is 1. The zero-order chi connectivity index (χ0) is 21.3. The number of likely N-dealkylation sites (tertiary alicyclic amines) is 1. The second-order valence-electron chi connectivity index (χ2n) is 7.84. The van der Waals surface area contributed by atoms with E-state index in [0.29, 0.717) is 31.3 Å². The number of H-pyrrole nitrogens is 1. The third kappa shape index (κ3) is 3.72. The fourth-order valence-corrected chi connectivity index (χ4v) is 4.06. The van der Waals surface area contributed by atoms with Gasteiger partial charge in [0, 0.05) is 32.8 Å². The fraction of sp³-hybridized carbons (Fsp3) is 0.364. The first-order valence-corrected chi connectivity index (χ1v) is 10.1. The van der Waals surface area contributed by atoms with Crippen LogP contribution in [0.15, 0.2) is 52.2 Å². The van der Waals surface area contributed by atoms with Gasteiger partial charge in [0.05, 0.1) is 5.69 Å². The molecule has 1 fully saturated rings. The summed E-state index contributed by atoms with van der Waals surface area (Å²) in [4.78, 5) is 39.1. The third-order valence-corrected chi connectivity index (χ3v) is 5.82. The highest BCUT2D eigenvalue weighted by molar-refractivity contribution is 5.93. The van der Waals surface area contributed by atoms with Gasteiger partial charge in [-0.05, 0) is 49.4 Å². The van der Waals surface area contributed by atoms with Crippen LogP contribution in [-0.4, -0.2) is 43.2 Å². The van der Waals surface area contributed by atoms with Crippen LogP contribution in [-0.2, 0) is 13.5 Å². The van der Waals surface area contributed by atoms with Crippen LogP contribution >= 0.6 is 0 Å². The van der Waals surface area contributed by atoms with Crippen molar-refractivity contribution >= 4 is 5.91 Å². The van der Waals surface area contributed by atoms with Crippen LogP contribution in [0.1, 0.15) is 34.6 Å². The van der Waals surface area contributed by atoms with Gasteiger partial charge in [-0.3, -0.25) is 9.59 Å². The Labute approximate surface area is 173 Å². The molecule has 30 heavy (non-hydrogen) atoms. The highest BCUT2D eigenvalue weighted by Gasteiger charge is 2.27. The van der Waals surface area contributed by atoms with E-state index in [9.17, 15) is 14.4 Å². The first kappa shape index (κ1) is 19.9. The predicted octanol–water partition coefficient (Wildman–Crippen LogP) is 1.66. The maximum Gasteiger partial charge on any atom is 0.347 e. The van der Waals surface area contributed by atoms with E-state index in [-0.39, 0.29) is 22.7 Å². The number of benzene rings is 1. The Morgan fingerprint density at radius 1 is 1.13 bits per heavy atom. The number of pyridine rings is 1. The van der Waals surface area contributed by atoms with Crippen molar-refractivity contribution in [1.82, 2.24) is 24.2 Å². The van der Waals surface area contributed by atoms with Crippen molar-refractivity contribution in [2.75, 3.05) is 13.1 Å². The van der Waals surface area contributed by atoms with E-state index in [1.165, 1.54) is 4.57 Å². The van der Waals surface area contributed by atoms with Crippen LogP contribution in [0.5, 0.6) is 0 Å². The summed E-state index contributed by atoms with van der Waals surface area (Å²) < 4.78 is 3.06. The smallest absolute Gasteiger partial charge is 0.338 e. The lowest BCUT2D eigenvalue weighted by Gasteiger charge is -2.31. The number of amides is 1. The summed E-state index contributed by atoms with van der Waals surface area (Å²) >= 11 is 0. The van der Waals surface area contributed by atoms with Gasteiger partial charge >= 0.3 is 5.69 Å². The number of para-hydroxylation sites is 1. The molecule has 1 aliphatic rings. The van der Waals surface area contributed by atoms with Crippen molar-refractivity contribution in [2.45, 2.75) is 26.2 Å². The summed E-state index contributed by atoms with van der Waals surface area (Å²) in [6.45, 7) is 3.14. The molecular weight excluding hydrogens is 382 g/mol. The molecule has 2 aromatic heterocycles. The highest BCUT2D eigenvalue weighted by atomic mass is 16.2. The number of aromatic amines is 1. The Hall–Kier alpha value is -3.42. The summed E-state index contributed by atoms with van der Waals surface area (Å²) in [5, 5.41) is 6.82. The largest absolute Gasteiger partial charge is 0.347 e. The Kier molecular flexibility index (Phi) is 5.39. The summed E-state index contributed by atoms with van der Waals surface area (Å²) in [5.74, 6) is 0.799. The van der Waals surface area contributed by atoms with E-state index in [2.05, 4.69) is 10.2 Å². The maximum absolute atomic E-state index is 12.8. The molecule has 3 heterocycles. The molecule has 4 rings (SSSR count). The molecule has 0 aliphatic carbocycles. The number of hydrogen-bond donors (Lipinski definition) is 1. The molecular formula is C22H25N5O3.